The summed E-state index contributed by atoms with van der Waals surface area (Å²) in [7, 11) is 1.76. The minimum absolute atomic E-state index is 0.0335. The maximum atomic E-state index is 6.13. The molecule has 1 aliphatic heterocycles. The normalized spacial score (nSPS) is 21.0. The van der Waals surface area contributed by atoms with E-state index >= 15 is 0 Å². The van der Waals surface area contributed by atoms with Crippen molar-refractivity contribution in [3.8, 4) is 11.5 Å². The van der Waals surface area contributed by atoms with E-state index < -0.39 is 0 Å². The summed E-state index contributed by atoms with van der Waals surface area (Å²) >= 11 is 0. The molecule has 1 unspecified atom stereocenters. The first kappa shape index (κ1) is 19.3. The van der Waals surface area contributed by atoms with Gasteiger partial charge in [0.2, 0.25) is 0 Å². The van der Waals surface area contributed by atoms with Gasteiger partial charge in [-0.2, -0.15) is 0 Å². The molecule has 150 valence electrons. The summed E-state index contributed by atoms with van der Waals surface area (Å²) in [6.07, 6.45) is 7.20. The SMILES string of the molecule is COc1ccccc1C1(NCc2ccccc2OCC2CCCO2)CCCC1. The lowest BCUT2D eigenvalue weighted by Crippen LogP contribution is -2.39. The predicted octanol–water partition coefficient (Wildman–Crippen LogP) is 4.81. The molecule has 0 spiro atoms. The van der Waals surface area contributed by atoms with E-state index in [0.29, 0.717) is 6.61 Å². The van der Waals surface area contributed by atoms with Crippen LogP contribution < -0.4 is 14.8 Å². The highest BCUT2D eigenvalue weighted by Crippen LogP contribution is 2.43. The Bertz CT molecular complexity index is 764. The molecule has 28 heavy (non-hydrogen) atoms. The molecule has 2 fully saturated rings. The molecule has 1 N–H and O–H groups in total. The minimum Gasteiger partial charge on any atom is -0.496 e. The third-order valence-corrected chi connectivity index (χ3v) is 6.12. The average molecular weight is 382 g/mol. The highest BCUT2D eigenvalue weighted by Gasteiger charge is 2.37. The molecule has 0 amide bonds. The smallest absolute Gasteiger partial charge is 0.123 e. The molecule has 1 atom stereocenters. The van der Waals surface area contributed by atoms with Crippen LogP contribution in [0.2, 0.25) is 0 Å². The third kappa shape index (κ3) is 4.18. The molecule has 0 bridgehead atoms. The summed E-state index contributed by atoms with van der Waals surface area (Å²) in [6, 6.07) is 16.8. The lowest BCUT2D eigenvalue weighted by molar-refractivity contribution is 0.0675. The second-order valence-corrected chi connectivity index (χ2v) is 7.90. The fraction of sp³-hybridized carbons (Fsp3) is 0.500. The average Bonchev–Trinajstić information content (AvgIpc) is 3.44. The topological polar surface area (TPSA) is 39.7 Å². The quantitative estimate of drug-likeness (QED) is 0.712. The maximum Gasteiger partial charge on any atom is 0.123 e. The van der Waals surface area contributed by atoms with E-state index in [2.05, 4.69) is 41.7 Å². The van der Waals surface area contributed by atoms with E-state index in [4.69, 9.17) is 14.2 Å². The highest BCUT2D eigenvalue weighted by atomic mass is 16.5. The number of benzene rings is 2. The van der Waals surface area contributed by atoms with Gasteiger partial charge < -0.3 is 19.5 Å². The Morgan fingerprint density at radius 1 is 1.00 bits per heavy atom. The van der Waals surface area contributed by atoms with Gasteiger partial charge in [-0.25, -0.2) is 0 Å². The zero-order valence-corrected chi connectivity index (χ0v) is 16.8. The van der Waals surface area contributed by atoms with Crippen molar-refractivity contribution in [2.75, 3.05) is 20.3 Å². The Labute approximate surface area is 168 Å². The summed E-state index contributed by atoms with van der Waals surface area (Å²) in [6.45, 7) is 2.27. The predicted molar refractivity (Wildman–Crippen MR) is 111 cm³/mol. The summed E-state index contributed by atoms with van der Waals surface area (Å²) < 4.78 is 17.5. The molecule has 2 aliphatic rings. The van der Waals surface area contributed by atoms with Crippen LogP contribution in [0.3, 0.4) is 0 Å². The number of rotatable bonds is 8. The maximum absolute atomic E-state index is 6.13. The fourth-order valence-electron chi connectivity index (χ4n) is 4.57. The van der Waals surface area contributed by atoms with Crippen LogP contribution >= 0.6 is 0 Å². The number of methoxy groups -OCH3 is 1. The summed E-state index contributed by atoms with van der Waals surface area (Å²) in [4.78, 5) is 0. The number of hydrogen-bond acceptors (Lipinski definition) is 4. The Morgan fingerprint density at radius 2 is 1.75 bits per heavy atom. The summed E-state index contributed by atoms with van der Waals surface area (Å²) in [5.41, 5.74) is 2.43. The van der Waals surface area contributed by atoms with Gasteiger partial charge in [0.25, 0.3) is 0 Å². The molecule has 4 nitrogen and oxygen atoms in total. The lowest BCUT2D eigenvalue weighted by atomic mass is 9.87. The van der Waals surface area contributed by atoms with E-state index in [9.17, 15) is 0 Å². The zero-order chi connectivity index (χ0) is 19.2. The van der Waals surface area contributed by atoms with Gasteiger partial charge in [0.1, 0.15) is 18.1 Å². The Kier molecular flexibility index (Phi) is 6.18. The second-order valence-electron chi connectivity index (χ2n) is 7.90. The van der Waals surface area contributed by atoms with Crippen molar-refractivity contribution < 1.29 is 14.2 Å². The molecule has 4 rings (SSSR count). The highest BCUT2D eigenvalue weighted by molar-refractivity contribution is 5.40. The molecular weight excluding hydrogens is 350 g/mol. The molecule has 1 saturated heterocycles. The van der Waals surface area contributed by atoms with E-state index in [-0.39, 0.29) is 11.6 Å². The monoisotopic (exact) mass is 381 g/mol. The van der Waals surface area contributed by atoms with Crippen molar-refractivity contribution in [1.29, 1.82) is 0 Å². The van der Waals surface area contributed by atoms with Crippen molar-refractivity contribution in [1.82, 2.24) is 5.32 Å². The van der Waals surface area contributed by atoms with Gasteiger partial charge >= 0.3 is 0 Å². The van der Waals surface area contributed by atoms with Gasteiger partial charge in [-0.05, 0) is 37.8 Å². The van der Waals surface area contributed by atoms with E-state index in [0.717, 1.165) is 50.3 Å². The number of ether oxygens (including phenoxy) is 3. The third-order valence-electron chi connectivity index (χ3n) is 6.12. The summed E-state index contributed by atoms with van der Waals surface area (Å²) in [5, 5.41) is 3.88. The number of hydrogen-bond donors (Lipinski definition) is 1. The van der Waals surface area contributed by atoms with Crippen LogP contribution in [0.5, 0.6) is 11.5 Å². The van der Waals surface area contributed by atoms with Crippen molar-refractivity contribution in [3.05, 3.63) is 59.7 Å². The van der Waals surface area contributed by atoms with Crippen molar-refractivity contribution in [2.45, 2.75) is 56.7 Å². The first-order valence-corrected chi connectivity index (χ1v) is 10.5. The Balaban J connectivity index is 1.49. The minimum atomic E-state index is -0.0335. The molecular formula is C24H31NO3. The Morgan fingerprint density at radius 3 is 2.50 bits per heavy atom. The van der Waals surface area contributed by atoms with Crippen LogP contribution in [0.4, 0.5) is 0 Å². The summed E-state index contributed by atoms with van der Waals surface area (Å²) in [5.74, 6) is 1.93. The second kappa shape index (κ2) is 8.97. The standard InChI is InChI=1S/C24H31NO3/c1-26-23-13-5-3-11-21(23)24(14-6-7-15-24)25-17-19-9-2-4-12-22(19)28-18-20-10-8-16-27-20/h2-5,9,11-13,20,25H,6-8,10,14-18H2,1H3. The van der Waals surface area contributed by atoms with Gasteiger partial charge in [-0.15, -0.1) is 0 Å². The van der Waals surface area contributed by atoms with E-state index in [1.807, 2.05) is 12.1 Å². The van der Waals surface area contributed by atoms with Gasteiger partial charge in [-0.1, -0.05) is 49.2 Å². The molecule has 4 heteroatoms. The van der Waals surface area contributed by atoms with E-state index in [1.54, 1.807) is 7.11 Å². The lowest BCUT2D eigenvalue weighted by Gasteiger charge is -2.33. The molecule has 2 aromatic rings. The number of para-hydroxylation sites is 2. The fourth-order valence-corrected chi connectivity index (χ4v) is 4.57. The van der Waals surface area contributed by atoms with Gasteiger partial charge in [0.05, 0.1) is 13.2 Å². The Hall–Kier alpha value is -2.04. The van der Waals surface area contributed by atoms with Crippen molar-refractivity contribution >= 4 is 0 Å². The molecule has 1 heterocycles. The van der Waals surface area contributed by atoms with Crippen LogP contribution in [0.25, 0.3) is 0 Å². The molecule has 2 aromatic carbocycles. The molecule has 0 radical (unpaired) electrons. The largest absolute Gasteiger partial charge is 0.496 e. The van der Waals surface area contributed by atoms with Gasteiger partial charge in [0.15, 0.2) is 0 Å². The van der Waals surface area contributed by atoms with Crippen LogP contribution in [0.15, 0.2) is 48.5 Å². The van der Waals surface area contributed by atoms with Crippen LogP contribution in [-0.4, -0.2) is 26.4 Å². The van der Waals surface area contributed by atoms with Crippen LogP contribution in [-0.2, 0) is 16.8 Å². The molecule has 1 saturated carbocycles. The van der Waals surface area contributed by atoms with Crippen molar-refractivity contribution in [3.63, 3.8) is 0 Å². The van der Waals surface area contributed by atoms with E-state index in [1.165, 1.54) is 24.0 Å². The van der Waals surface area contributed by atoms with Gasteiger partial charge in [0, 0.05) is 29.8 Å². The van der Waals surface area contributed by atoms with Crippen LogP contribution in [0.1, 0.15) is 49.7 Å². The first-order chi connectivity index (χ1) is 13.8. The first-order valence-electron chi connectivity index (χ1n) is 10.5. The molecule has 0 aromatic heterocycles. The van der Waals surface area contributed by atoms with Crippen molar-refractivity contribution in [2.24, 2.45) is 0 Å². The molecule has 1 aliphatic carbocycles. The number of nitrogens with one attached hydrogen (secondary N) is 1. The zero-order valence-electron chi connectivity index (χ0n) is 16.8. The van der Waals surface area contributed by atoms with Crippen LogP contribution in [0, 0.1) is 0 Å². The van der Waals surface area contributed by atoms with Gasteiger partial charge in [-0.3, -0.25) is 0 Å².